The van der Waals surface area contributed by atoms with Gasteiger partial charge in [-0.05, 0) is 43.0 Å². The summed E-state index contributed by atoms with van der Waals surface area (Å²) in [6.45, 7) is 0.841. The second-order valence-electron chi connectivity index (χ2n) is 5.72. The monoisotopic (exact) mass is 295 g/mol. The summed E-state index contributed by atoms with van der Waals surface area (Å²) in [6, 6.07) is 18.1. The second-order valence-corrected chi connectivity index (χ2v) is 5.72. The van der Waals surface area contributed by atoms with Crippen LogP contribution in [0.3, 0.4) is 0 Å². The molecule has 0 aromatic heterocycles. The van der Waals surface area contributed by atoms with Crippen LogP contribution in [0.25, 0.3) is 0 Å². The minimum atomic E-state index is 0.109. The number of carbonyl (C=O) groups is 1. The molecular weight excluding hydrogens is 274 g/mol. The number of methoxy groups -OCH3 is 1. The predicted molar refractivity (Wildman–Crippen MR) is 87.2 cm³/mol. The van der Waals surface area contributed by atoms with Crippen molar-refractivity contribution >= 4 is 5.91 Å². The van der Waals surface area contributed by atoms with Crippen LogP contribution in [0.1, 0.15) is 28.8 Å². The highest BCUT2D eigenvalue weighted by atomic mass is 16.5. The van der Waals surface area contributed by atoms with E-state index in [9.17, 15) is 4.79 Å². The Hall–Kier alpha value is -2.29. The van der Waals surface area contributed by atoms with Crippen molar-refractivity contribution in [1.29, 1.82) is 0 Å². The van der Waals surface area contributed by atoms with E-state index in [0.717, 1.165) is 31.6 Å². The van der Waals surface area contributed by atoms with E-state index < -0.39 is 0 Å². The Morgan fingerprint density at radius 1 is 1.18 bits per heavy atom. The summed E-state index contributed by atoms with van der Waals surface area (Å²) in [5.74, 6) is 0.835. The van der Waals surface area contributed by atoms with E-state index in [4.69, 9.17) is 4.74 Å². The molecule has 1 aliphatic heterocycles. The van der Waals surface area contributed by atoms with Gasteiger partial charge in [-0.1, -0.05) is 36.4 Å². The average molecular weight is 295 g/mol. The van der Waals surface area contributed by atoms with Crippen molar-refractivity contribution in [2.45, 2.75) is 25.3 Å². The Morgan fingerprint density at radius 3 is 2.77 bits per heavy atom. The molecule has 1 atom stereocenters. The zero-order valence-corrected chi connectivity index (χ0v) is 12.9. The lowest BCUT2D eigenvalue weighted by Gasteiger charge is -2.25. The maximum atomic E-state index is 12.8. The molecule has 1 amide bonds. The zero-order chi connectivity index (χ0) is 15.4. The minimum Gasteiger partial charge on any atom is -0.497 e. The zero-order valence-electron chi connectivity index (χ0n) is 12.9. The average Bonchev–Trinajstić information content (AvgIpc) is 3.03. The van der Waals surface area contributed by atoms with Crippen LogP contribution in [0.2, 0.25) is 0 Å². The molecule has 0 spiro atoms. The third-order valence-corrected chi connectivity index (χ3v) is 4.27. The molecule has 1 unspecified atom stereocenters. The fourth-order valence-electron chi connectivity index (χ4n) is 3.12. The van der Waals surface area contributed by atoms with Crippen LogP contribution in [0.4, 0.5) is 0 Å². The van der Waals surface area contributed by atoms with Gasteiger partial charge >= 0.3 is 0 Å². The molecule has 0 aliphatic carbocycles. The largest absolute Gasteiger partial charge is 0.497 e. The number of hydrogen-bond donors (Lipinski definition) is 0. The van der Waals surface area contributed by atoms with Crippen molar-refractivity contribution in [2.75, 3.05) is 13.7 Å². The van der Waals surface area contributed by atoms with Gasteiger partial charge in [0, 0.05) is 18.2 Å². The van der Waals surface area contributed by atoms with Gasteiger partial charge in [-0.25, -0.2) is 0 Å². The summed E-state index contributed by atoms with van der Waals surface area (Å²) < 4.78 is 5.22. The summed E-state index contributed by atoms with van der Waals surface area (Å²) >= 11 is 0. The van der Waals surface area contributed by atoms with E-state index >= 15 is 0 Å². The fraction of sp³-hybridized carbons (Fsp3) is 0.316. The molecule has 0 bridgehead atoms. The van der Waals surface area contributed by atoms with Crippen LogP contribution >= 0.6 is 0 Å². The lowest BCUT2D eigenvalue weighted by molar-refractivity contribution is 0.0736. The number of likely N-dealkylation sites (tertiary alicyclic amines) is 1. The molecule has 3 rings (SSSR count). The van der Waals surface area contributed by atoms with Crippen LogP contribution in [-0.2, 0) is 6.42 Å². The van der Waals surface area contributed by atoms with Gasteiger partial charge in [0.2, 0.25) is 0 Å². The molecule has 2 aromatic carbocycles. The van der Waals surface area contributed by atoms with Crippen molar-refractivity contribution in [1.82, 2.24) is 4.90 Å². The highest BCUT2D eigenvalue weighted by Crippen LogP contribution is 2.24. The Morgan fingerprint density at radius 2 is 2.00 bits per heavy atom. The second kappa shape index (κ2) is 6.65. The van der Waals surface area contributed by atoms with E-state index in [1.54, 1.807) is 7.11 Å². The van der Waals surface area contributed by atoms with Crippen LogP contribution in [0, 0.1) is 0 Å². The molecule has 0 saturated carbocycles. The van der Waals surface area contributed by atoms with E-state index in [-0.39, 0.29) is 5.91 Å². The SMILES string of the molecule is COc1cccc(C(=O)N2CCCC2Cc2ccccc2)c1. The first-order valence-corrected chi connectivity index (χ1v) is 7.77. The Bertz CT molecular complexity index is 639. The standard InChI is InChI=1S/C19H21NO2/c1-22-18-11-5-9-16(14-18)19(21)20-12-6-10-17(20)13-15-7-3-2-4-8-15/h2-5,7-9,11,14,17H,6,10,12-13H2,1H3. The molecule has 1 fully saturated rings. The molecule has 1 heterocycles. The quantitative estimate of drug-likeness (QED) is 0.863. The fourth-order valence-corrected chi connectivity index (χ4v) is 3.12. The molecule has 1 saturated heterocycles. The highest BCUT2D eigenvalue weighted by Gasteiger charge is 2.29. The number of rotatable bonds is 4. The van der Waals surface area contributed by atoms with E-state index in [2.05, 4.69) is 24.3 Å². The summed E-state index contributed by atoms with van der Waals surface area (Å²) in [5.41, 5.74) is 2.00. The van der Waals surface area contributed by atoms with E-state index in [1.165, 1.54) is 5.56 Å². The predicted octanol–water partition coefficient (Wildman–Crippen LogP) is 3.54. The number of amides is 1. The molecule has 0 N–H and O–H groups in total. The summed E-state index contributed by atoms with van der Waals surface area (Å²) in [6.07, 6.45) is 3.08. The maximum absolute atomic E-state index is 12.8. The minimum absolute atomic E-state index is 0.109. The lowest BCUT2D eigenvalue weighted by atomic mass is 10.0. The van der Waals surface area contributed by atoms with Gasteiger partial charge in [0.25, 0.3) is 5.91 Å². The van der Waals surface area contributed by atoms with Crippen molar-refractivity contribution < 1.29 is 9.53 Å². The molecule has 2 aromatic rings. The first-order valence-electron chi connectivity index (χ1n) is 7.77. The number of benzene rings is 2. The molecular formula is C19H21NO2. The number of ether oxygens (including phenoxy) is 1. The smallest absolute Gasteiger partial charge is 0.254 e. The van der Waals surface area contributed by atoms with Crippen molar-refractivity contribution in [2.24, 2.45) is 0 Å². The molecule has 114 valence electrons. The summed E-state index contributed by atoms with van der Waals surface area (Å²) in [7, 11) is 1.62. The molecule has 1 aliphatic rings. The van der Waals surface area contributed by atoms with Crippen molar-refractivity contribution in [3.05, 3.63) is 65.7 Å². The molecule has 0 radical (unpaired) electrons. The van der Waals surface area contributed by atoms with Gasteiger partial charge in [-0.3, -0.25) is 4.79 Å². The third-order valence-electron chi connectivity index (χ3n) is 4.27. The van der Waals surface area contributed by atoms with Gasteiger partial charge in [0.15, 0.2) is 0 Å². The lowest BCUT2D eigenvalue weighted by Crippen LogP contribution is -2.36. The number of nitrogens with zero attached hydrogens (tertiary/aromatic N) is 1. The molecule has 22 heavy (non-hydrogen) atoms. The third kappa shape index (κ3) is 3.14. The van der Waals surface area contributed by atoms with Crippen LogP contribution in [0.5, 0.6) is 5.75 Å². The van der Waals surface area contributed by atoms with Crippen LogP contribution in [-0.4, -0.2) is 30.5 Å². The molecule has 3 heteroatoms. The normalized spacial score (nSPS) is 17.5. The van der Waals surface area contributed by atoms with Crippen LogP contribution in [0.15, 0.2) is 54.6 Å². The number of hydrogen-bond acceptors (Lipinski definition) is 2. The van der Waals surface area contributed by atoms with Crippen LogP contribution < -0.4 is 4.74 Å². The van der Waals surface area contributed by atoms with E-state index in [0.29, 0.717) is 11.6 Å². The van der Waals surface area contributed by atoms with Crippen molar-refractivity contribution in [3.63, 3.8) is 0 Å². The maximum Gasteiger partial charge on any atom is 0.254 e. The van der Waals surface area contributed by atoms with Gasteiger partial charge < -0.3 is 9.64 Å². The van der Waals surface area contributed by atoms with E-state index in [1.807, 2.05) is 35.2 Å². The van der Waals surface area contributed by atoms with Gasteiger partial charge in [-0.15, -0.1) is 0 Å². The Kier molecular flexibility index (Phi) is 4.42. The van der Waals surface area contributed by atoms with Gasteiger partial charge in [0.1, 0.15) is 5.75 Å². The van der Waals surface area contributed by atoms with Crippen molar-refractivity contribution in [3.8, 4) is 5.75 Å². The Balaban J connectivity index is 1.76. The Labute approximate surface area is 131 Å². The summed E-state index contributed by atoms with van der Waals surface area (Å²) in [5, 5.41) is 0. The van der Waals surface area contributed by atoms with Gasteiger partial charge in [0.05, 0.1) is 7.11 Å². The highest BCUT2D eigenvalue weighted by molar-refractivity contribution is 5.95. The van der Waals surface area contributed by atoms with Gasteiger partial charge in [-0.2, -0.15) is 0 Å². The molecule has 3 nitrogen and oxygen atoms in total. The summed E-state index contributed by atoms with van der Waals surface area (Å²) in [4.78, 5) is 14.8. The topological polar surface area (TPSA) is 29.5 Å². The first-order chi connectivity index (χ1) is 10.8. The number of carbonyl (C=O) groups excluding carboxylic acids is 1. The first kappa shape index (κ1) is 14.6.